The molecule has 0 aromatic heterocycles. The van der Waals surface area contributed by atoms with Crippen molar-refractivity contribution in [3.05, 3.63) is 52.6 Å². The lowest BCUT2D eigenvalue weighted by Crippen LogP contribution is -2.24. The average Bonchev–Trinajstić information content (AvgIpc) is 2.87. The number of allylic oxidation sites excluding steroid dienone is 1. The number of phenols is 1. The standard InChI is InChI=1S/C31H36O8/c1-18(2)37-30-22(14-9-15-24(30)36-4)23-17-26(33)39-25-16-20-11-6-5-7-12-21(32)13-8-10-19(3)38-31(35)27(20)29(34)28(23)25/h6,9,11,14-16,18-19,23,34H,5,7-8,10,12-13,17H2,1-4H3/t19-,23+/m1/s1. The van der Waals surface area contributed by atoms with Crippen LogP contribution in [0.3, 0.4) is 0 Å². The zero-order valence-corrected chi connectivity index (χ0v) is 23.0. The molecule has 0 unspecified atom stereocenters. The third-order valence-electron chi connectivity index (χ3n) is 6.94. The number of phenolic OH excluding ortho intramolecular Hbond substituents is 1. The number of cyclic esters (lactones) is 1. The van der Waals surface area contributed by atoms with Crippen LogP contribution < -0.4 is 14.2 Å². The van der Waals surface area contributed by atoms with Crippen LogP contribution in [0, 0.1) is 0 Å². The molecule has 2 aromatic rings. The minimum absolute atomic E-state index is 0.0159. The van der Waals surface area contributed by atoms with E-state index in [0.29, 0.717) is 66.7 Å². The largest absolute Gasteiger partial charge is 0.507 e. The summed E-state index contributed by atoms with van der Waals surface area (Å²) in [5.74, 6) is -0.753. The maximum absolute atomic E-state index is 13.4. The highest BCUT2D eigenvalue weighted by Gasteiger charge is 2.37. The van der Waals surface area contributed by atoms with Crippen LogP contribution in [0.5, 0.6) is 23.0 Å². The Balaban J connectivity index is 1.87. The smallest absolute Gasteiger partial charge is 0.342 e. The number of methoxy groups -OCH3 is 1. The number of rotatable bonds is 4. The van der Waals surface area contributed by atoms with E-state index in [4.69, 9.17) is 18.9 Å². The first kappa shape index (κ1) is 28.2. The van der Waals surface area contributed by atoms with Gasteiger partial charge in [-0.05, 0) is 64.2 Å². The molecule has 208 valence electrons. The Hall–Kier alpha value is -3.81. The Morgan fingerprint density at radius 3 is 2.62 bits per heavy atom. The highest BCUT2D eigenvalue weighted by Crippen LogP contribution is 2.50. The predicted molar refractivity (Wildman–Crippen MR) is 146 cm³/mol. The number of benzene rings is 2. The van der Waals surface area contributed by atoms with E-state index in [1.165, 1.54) is 7.11 Å². The Kier molecular flexibility index (Phi) is 8.94. The summed E-state index contributed by atoms with van der Waals surface area (Å²) in [7, 11) is 1.54. The fraction of sp³-hybridized carbons (Fsp3) is 0.452. The van der Waals surface area contributed by atoms with Gasteiger partial charge in [-0.3, -0.25) is 9.59 Å². The molecular weight excluding hydrogens is 500 g/mol. The molecule has 1 N–H and O–H groups in total. The van der Waals surface area contributed by atoms with E-state index in [0.717, 1.165) is 0 Å². The molecule has 2 aliphatic heterocycles. The van der Waals surface area contributed by atoms with Gasteiger partial charge in [0.05, 0.1) is 25.7 Å². The van der Waals surface area contributed by atoms with Crippen molar-refractivity contribution >= 4 is 23.8 Å². The summed E-state index contributed by atoms with van der Waals surface area (Å²) in [4.78, 5) is 38.3. The summed E-state index contributed by atoms with van der Waals surface area (Å²) >= 11 is 0. The lowest BCUT2D eigenvalue weighted by molar-refractivity contribution is -0.135. The molecule has 8 heteroatoms. The second-order valence-corrected chi connectivity index (χ2v) is 10.3. The first-order chi connectivity index (χ1) is 18.7. The third-order valence-corrected chi connectivity index (χ3v) is 6.94. The van der Waals surface area contributed by atoms with Crippen molar-refractivity contribution in [3.63, 3.8) is 0 Å². The predicted octanol–water partition coefficient (Wildman–Crippen LogP) is 6.11. The number of para-hydroxylation sites is 1. The molecule has 0 saturated carbocycles. The van der Waals surface area contributed by atoms with Gasteiger partial charge in [0.2, 0.25) is 0 Å². The summed E-state index contributed by atoms with van der Waals surface area (Å²) in [6.07, 6.45) is 6.28. The van der Waals surface area contributed by atoms with Crippen LogP contribution in [0.2, 0.25) is 0 Å². The van der Waals surface area contributed by atoms with E-state index in [-0.39, 0.29) is 35.4 Å². The molecular formula is C31H36O8. The molecule has 0 fully saturated rings. The quantitative estimate of drug-likeness (QED) is 0.368. The number of esters is 2. The van der Waals surface area contributed by atoms with Crippen LogP contribution in [0.15, 0.2) is 30.3 Å². The fourth-order valence-electron chi connectivity index (χ4n) is 5.11. The van der Waals surface area contributed by atoms with Gasteiger partial charge < -0.3 is 24.1 Å². The van der Waals surface area contributed by atoms with E-state index < -0.39 is 24.0 Å². The van der Waals surface area contributed by atoms with E-state index >= 15 is 0 Å². The minimum Gasteiger partial charge on any atom is -0.507 e. The topological polar surface area (TPSA) is 108 Å². The number of fused-ring (bicyclic) bond motifs is 2. The van der Waals surface area contributed by atoms with Gasteiger partial charge in [-0.2, -0.15) is 0 Å². The monoisotopic (exact) mass is 536 g/mol. The molecule has 2 heterocycles. The highest BCUT2D eigenvalue weighted by atomic mass is 16.5. The molecule has 0 aliphatic carbocycles. The van der Waals surface area contributed by atoms with E-state index in [9.17, 15) is 19.5 Å². The third kappa shape index (κ3) is 6.44. The maximum atomic E-state index is 13.4. The number of hydrogen-bond donors (Lipinski definition) is 1. The minimum atomic E-state index is -0.675. The van der Waals surface area contributed by atoms with E-state index in [1.807, 2.05) is 26.0 Å². The van der Waals surface area contributed by atoms with Gasteiger partial charge in [0.15, 0.2) is 11.5 Å². The Bertz CT molecular complexity index is 1280. The maximum Gasteiger partial charge on any atom is 0.342 e. The number of hydrogen-bond acceptors (Lipinski definition) is 8. The van der Waals surface area contributed by atoms with Crippen LogP contribution in [0.25, 0.3) is 6.08 Å². The molecule has 4 rings (SSSR count). The number of Topliss-reactive ketones (excluding diaryl/α,β-unsaturated/α-hetero) is 1. The van der Waals surface area contributed by atoms with Gasteiger partial charge in [-0.15, -0.1) is 0 Å². The van der Waals surface area contributed by atoms with Crippen LogP contribution >= 0.6 is 0 Å². The van der Waals surface area contributed by atoms with Crippen molar-refractivity contribution in [1.82, 2.24) is 0 Å². The normalized spacial score (nSPS) is 20.4. The lowest BCUT2D eigenvalue weighted by Gasteiger charge is -2.29. The number of ketones is 1. The van der Waals surface area contributed by atoms with Crippen molar-refractivity contribution in [1.29, 1.82) is 0 Å². The van der Waals surface area contributed by atoms with Crippen LogP contribution in [0.1, 0.15) is 98.7 Å². The Labute approximate surface area is 228 Å². The number of ether oxygens (including phenoxy) is 4. The summed E-state index contributed by atoms with van der Waals surface area (Å²) in [6.45, 7) is 5.55. The summed E-state index contributed by atoms with van der Waals surface area (Å²) in [6, 6.07) is 6.97. The summed E-state index contributed by atoms with van der Waals surface area (Å²) in [5, 5.41) is 11.7. The first-order valence-corrected chi connectivity index (χ1v) is 13.5. The van der Waals surface area contributed by atoms with Gasteiger partial charge in [0.1, 0.15) is 22.8 Å². The van der Waals surface area contributed by atoms with Gasteiger partial charge in [-0.25, -0.2) is 4.79 Å². The fourth-order valence-corrected chi connectivity index (χ4v) is 5.11. The first-order valence-electron chi connectivity index (χ1n) is 13.5. The van der Waals surface area contributed by atoms with Gasteiger partial charge in [0, 0.05) is 29.9 Å². The van der Waals surface area contributed by atoms with Crippen molar-refractivity contribution in [3.8, 4) is 23.0 Å². The van der Waals surface area contributed by atoms with Crippen LogP contribution in [-0.2, 0) is 14.3 Å². The number of carbonyl (C=O) groups excluding carboxylic acids is 3. The molecule has 2 aromatic carbocycles. The van der Waals surface area contributed by atoms with Crippen LogP contribution in [0.4, 0.5) is 0 Å². The molecule has 0 amide bonds. The Morgan fingerprint density at radius 1 is 1.10 bits per heavy atom. The second-order valence-electron chi connectivity index (χ2n) is 10.3. The summed E-state index contributed by atoms with van der Waals surface area (Å²) < 4.78 is 22.9. The van der Waals surface area contributed by atoms with E-state index in [2.05, 4.69) is 0 Å². The van der Waals surface area contributed by atoms with Gasteiger partial charge >= 0.3 is 11.9 Å². The van der Waals surface area contributed by atoms with Crippen molar-refractivity contribution in [2.45, 2.75) is 83.8 Å². The molecule has 39 heavy (non-hydrogen) atoms. The molecule has 0 spiro atoms. The van der Waals surface area contributed by atoms with Crippen molar-refractivity contribution in [2.75, 3.05) is 7.11 Å². The van der Waals surface area contributed by atoms with Crippen LogP contribution in [-0.4, -0.2) is 42.1 Å². The SMILES string of the molecule is COc1cccc([C@@H]2CC(=O)Oc3cc4c(c(O)c32)C(=O)O[C@H](C)CCCC(=O)CCCC=C4)c1OC(C)C. The lowest BCUT2D eigenvalue weighted by atomic mass is 9.83. The highest BCUT2D eigenvalue weighted by molar-refractivity contribution is 5.98. The number of carbonyl (C=O) groups is 3. The zero-order valence-electron chi connectivity index (χ0n) is 23.0. The zero-order chi connectivity index (χ0) is 28.1. The second kappa shape index (κ2) is 12.4. The molecule has 0 saturated heterocycles. The Morgan fingerprint density at radius 2 is 1.87 bits per heavy atom. The molecule has 0 bridgehead atoms. The van der Waals surface area contributed by atoms with Crippen molar-refractivity contribution < 1.29 is 38.4 Å². The molecule has 0 radical (unpaired) electrons. The molecule has 8 nitrogen and oxygen atoms in total. The molecule has 2 atom stereocenters. The van der Waals surface area contributed by atoms with E-state index in [1.54, 1.807) is 31.2 Å². The van der Waals surface area contributed by atoms with Crippen molar-refractivity contribution in [2.24, 2.45) is 0 Å². The van der Waals surface area contributed by atoms with Gasteiger partial charge in [0.25, 0.3) is 0 Å². The molecule has 2 aliphatic rings. The average molecular weight is 537 g/mol. The van der Waals surface area contributed by atoms with Gasteiger partial charge in [-0.1, -0.05) is 24.3 Å². The number of aromatic hydroxyl groups is 1. The summed E-state index contributed by atoms with van der Waals surface area (Å²) in [5.41, 5.74) is 1.35.